The van der Waals surface area contributed by atoms with Gasteiger partial charge in [-0.1, -0.05) is 0 Å². The predicted octanol–water partition coefficient (Wildman–Crippen LogP) is 2.51. The first-order valence-electron chi connectivity index (χ1n) is 6.84. The second kappa shape index (κ2) is 4.90. The molecule has 0 aromatic heterocycles. The van der Waals surface area contributed by atoms with Crippen molar-refractivity contribution in [2.24, 2.45) is 17.8 Å². The summed E-state index contributed by atoms with van der Waals surface area (Å²) in [5.41, 5.74) is -0.470. The zero-order valence-corrected chi connectivity index (χ0v) is 11.4. The lowest BCUT2D eigenvalue weighted by Crippen LogP contribution is -2.46. The first kappa shape index (κ1) is 13.4. The zero-order valence-electron chi connectivity index (χ0n) is 11.4. The van der Waals surface area contributed by atoms with Gasteiger partial charge in [0.25, 0.3) is 0 Å². The SMILES string of the molecule is CC(C)(C)OC(=O)N[C@H]1[C@@H]2CC[C@@H](C2)[C@@H]1CC=O. The average Bonchev–Trinajstić information content (AvgIpc) is 2.78. The van der Waals surface area contributed by atoms with Crippen molar-refractivity contribution in [3.63, 3.8) is 0 Å². The van der Waals surface area contributed by atoms with Crippen LogP contribution in [-0.2, 0) is 9.53 Å². The molecule has 0 heterocycles. The number of carbonyl (C=O) groups is 2. The Morgan fingerprint density at radius 3 is 2.61 bits per heavy atom. The van der Waals surface area contributed by atoms with Crippen molar-refractivity contribution < 1.29 is 14.3 Å². The smallest absolute Gasteiger partial charge is 0.407 e. The number of hydrogen-bond donors (Lipinski definition) is 1. The maximum atomic E-state index is 11.8. The molecule has 0 spiro atoms. The Labute approximate surface area is 108 Å². The summed E-state index contributed by atoms with van der Waals surface area (Å²) in [5.74, 6) is 1.46. The van der Waals surface area contributed by atoms with E-state index >= 15 is 0 Å². The van der Waals surface area contributed by atoms with Gasteiger partial charge in [0.15, 0.2) is 0 Å². The summed E-state index contributed by atoms with van der Waals surface area (Å²) in [6.07, 6.45) is 4.71. The molecule has 0 radical (unpaired) electrons. The fourth-order valence-corrected chi connectivity index (χ4v) is 3.53. The first-order valence-corrected chi connectivity index (χ1v) is 6.84. The fraction of sp³-hybridized carbons (Fsp3) is 0.857. The molecule has 2 aliphatic rings. The highest BCUT2D eigenvalue weighted by Crippen LogP contribution is 2.49. The molecule has 2 aliphatic carbocycles. The van der Waals surface area contributed by atoms with E-state index in [-0.39, 0.29) is 12.1 Å². The molecular formula is C14H23NO3. The fourth-order valence-electron chi connectivity index (χ4n) is 3.53. The quantitative estimate of drug-likeness (QED) is 0.786. The van der Waals surface area contributed by atoms with E-state index < -0.39 is 5.60 Å². The van der Waals surface area contributed by atoms with E-state index in [4.69, 9.17) is 4.74 Å². The molecule has 2 fully saturated rings. The highest BCUT2D eigenvalue weighted by Gasteiger charge is 2.48. The molecule has 2 rings (SSSR count). The van der Waals surface area contributed by atoms with Gasteiger partial charge < -0.3 is 14.8 Å². The molecule has 0 aliphatic heterocycles. The summed E-state index contributed by atoms with van der Waals surface area (Å²) in [6, 6.07) is 0.129. The van der Waals surface area contributed by atoms with Gasteiger partial charge in [-0.15, -0.1) is 0 Å². The summed E-state index contributed by atoms with van der Waals surface area (Å²) in [6.45, 7) is 5.57. The van der Waals surface area contributed by atoms with E-state index in [0.29, 0.717) is 24.2 Å². The molecule has 4 atom stereocenters. The Kier molecular flexibility index (Phi) is 3.64. The molecule has 0 aromatic rings. The van der Waals surface area contributed by atoms with E-state index in [2.05, 4.69) is 5.32 Å². The van der Waals surface area contributed by atoms with Gasteiger partial charge in [0.2, 0.25) is 0 Å². The Bertz CT molecular complexity index is 334. The summed E-state index contributed by atoms with van der Waals surface area (Å²) >= 11 is 0. The van der Waals surface area contributed by atoms with Gasteiger partial charge in [0, 0.05) is 12.5 Å². The van der Waals surface area contributed by atoms with Gasteiger partial charge in [-0.2, -0.15) is 0 Å². The van der Waals surface area contributed by atoms with Gasteiger partial charge in [-0.25, -0.2) is 4.79 Å². The van der Waals surface area contributed by atoms with Crippen LogP contribution in [-0.4, -0.2) is 24.0 Å². The van der Waals surface area contributed by atoms with Crippen LogP contribution in [0.1, 0.15) is 46.5 Å². The molecule has 2 saturated carbocycles. The van der Waals surface area contributed by atoms with Crippen LogP contribution in [0.4, 0.5) is 4.79 Å². The van der Waals surface area contributed by atoms with Gasteiger partial charge in [0.05, 0.1) is 0 Å². The van der Waals surface area contributed by atoms with E-state index in [9.17, 15) is 9.59 Å². The van der Waals surface area contributed by atoms with Crippen LogP contribution in [0.25, 0.3) is 0 Å². The monoisotopic (exact) mass is 253 g/mol. The second-order valence-corrected chi connectivity index (χ2v) is 6.57. The first-order chi connectivity index (χ1) is 8.40. The molecule has 4 nitrogen and oxygen atoms in total. The van der Waals surface area contributed by atoms with Crippen molar-refractivity contribution >= 4 is 12.4 Å². The normalized spacial score (nSPS) is 34.4. The standard InChI is InChI=1S/C14H23NO3/c1-14(2,3)18-13(17)15-12-10-5-4-9(8-10)11(12)6-7-16/h7,9-12H,4-6,8H2,1-3H3,(H,15,17)/t9-,10+,11-,12-/m0/s1. The molecule has 4 heteroatoms. The number of hydrogen-bond acceptors (Lipinski definition) is 3. The summed E-state index contributed by atoms with van der Waals surface area (Å²) in [7, 11) is 0. The van der Waals surface area contributed by atoms with Crippen molar-refractivity contribution in [3.05, 3.63) is 0 Å². The minimum Gasteiger partial charge on any atom is -0.444 e. The predicted molar refractivity (Wildman–Crippen MR) is 68.2 cm³/mol. The number of rotatable bonds is 3. The lowest BCUT2D eigenvalue weighted by atomic mass is 9.83. The zero-order chi connectivity index (χ0) is 13.3. The van der Waals surface area contributed by atoms with Gasteiger partial charge in [-0.05, 0) is 57.8 Å². The number of aldehydes is 1. The minimum atomic E-state index is -0.470. The average molecular weight is 253 g/mol. The third kappa shape index (κ3) is 2.85. The number of carbonyl (C=O) groups excluding carboxylic acids is 2. The molecule has 18 heavy (non-hydrogen) atoms. The van der Waals surface area contributed by atoms with E-state index in [0.717, 1.165) is 12.7 Å². The molecule has 102 valence electrons. The third-order valence-corrected chi connectivity index (χ3v) is 4.14. The van der Waals surface area contributed by atoms with Gasteiger partial charge in [0.1, 0.15) is 11.9 Å². The molecule has 0 unspecified atom stereocenters. The Morgan fingerprint density at radius 1 is 1.33 bits per heavy atom. The number of alkyl carbamates (subject to hydrolysis) is 1. The lowest BCUT2D eigenvalue weighted by molar-refractivity contribution is -0.109. The van der Waals surface area contributed by atoms with Crippen LogP contribution in [0.3, 0.4) is 0 Å². The highest BCUT2D eigenvalue weighted by atomic mass is 16.6. The molecular weight excluding hydrogens is 230 g/mol. The Morgan fingerprint density at radius 2 is 2.00 bits per heavy atom. The third-order valence-electron chi connectivity index (χ3n) is 4.14. The summed E-state index contributed by atoms with van der Waals surface area (Å²) in [5, 5.41) is 2.98. The lowest BCUT2D eigenvalue weighted by Gasteiger charge is -2.31. The van der Waals surface area contributed by atoms with Crippen LogP contribution in [0.5, 0.6) is 0 Å². The van der Waals surface area contributed by atoms with Gasteiger partial charge in [-0.3, -0.25) is 0 Å². The number of ether oxygens (including phenoxy) is 1. The van der Waals surface area contributed by atoms with Crippen molar-refractivity contribution in [2.45, 2.75) is 58.1 Å². The highest BCUT2D eigenvalue weighted by molar-refractivity contribution is 5.68. The van der Waals surface area contributed by atoms with Crippen LogP contribution in [0, 0.1) is 17.8 Å². The summed E-state index contributed by atoms with van der Waals surface area (Å²) in [4.78, 5) is 22.6. The van der Waals surface area contributed by atoms with E-state index in [1.807, 2.05) is 20.8 Å². The number of nitrogens with one attached hydrogen (secondary N) is 1. The van der Waals surface area contributed by atoms with Crippen LogP contribution in [0.2, 0.25) is 0 Å². The van der Waals surface area contributed by atoms with Crippen molar-refractivity contribution in [3.8, 4) is 0 Å². The van der Waals surface area contributed by atoms with Crippen LogP contribution < -0.4 is 5.32 Å². The van der Waals surface area contributed by atoms with Crippen molar-refractivity contribution in [1.29, 1.82) is 0 Å². The largest absolute Gasteiger partial charge is 0.444 e. The molecule has 0 saturated heterocycles. The maximum Gasteiger partial charge on any atom is 0.407 e. The molecule has 0 aromatic carbocycles. The summed E-state index contributed by atoms with van der Waals surface area (Å²) < 4.78 is 5.30. The van der Waals surface area contributed by atoms with Crippen LogP contribution >= 0.6 is 0 Å². The molecule has 1 N–H and O–H groups in total. The Hall–Kier alpha value is -1.06. The topological polar surface area (TPSA) is 55.4 Å². The molecule has 1 amide bonds. The second-order valence-electron chi connectivity index (χ2n) is 6.57. The Balaban J connectivity index is 1.95. The number of amides is 1. The van der Waals surface area contributed by atoms with E-state index in [1.165, 1.54) is 12.8 Å². The maximum absolute atomic E-state index is 11.8. The van der Waals surface area contributed by atoms with Crippen molar-refractivity contribution in [1.82, 2.24) is 5.32 Å². The van der Waals surface area contributed by atoms with Gasteiger partial charge >= 0.3 is 6.09 Å². The number of fused-ring (bicyclic) bond motifs is 2. The molecule has 2 bridgehead atoms. The van der Waals surface area contributed by atoms with Crippen molar-refractivity contribution in [2.75, 3.05) is 0 Å². The minimum absolute atomic E-state index is 0.129. The van der Waals surface area contributed by atoms with Crippen LogP contribution in [0.15, 0.2) is 0 Å². The van der Waals surface area contributed by atoms with E-state index in [1.54, 1.807) is 0 Å².